The molecule has 0 saturated heterocycles. The summed E-state index contributed by atoms with van der Waals surface area (Å²) in [5.74, 6) is 1.10. The molecule has 0 aliphatic heterocycles. The standard InChI is InChI=1S/C14H18FN5O/c1-4-20(5-2)13-17-12(16-3)18-14(19-13)21-11-8-6-10(15)7-9-11/h6-9H,4-5H2,1-3H3,(H,16,17,18,19). The lowest BCUT2D eigenvalue weighted by molar-refractivity contribution is 0.439. The molecule has 1 aromatic carbocycles. The highest BCUT2D eigenvalue weighted by Gasteiger charge is 2.12. The van der Waals surface area contributed by atoms with Gasteiger partial charge in [0, 0.05) is 20.1 Å². The fourth-order valence-electron chi connectivity index (χ4n) is 1.76. The highest BCUT2D eigenvalue weighted by molar-refractivity contribution is 5.38. The molecule has 0 aliphatic carbocycles. The van der Waals surface area contributed by atoms with E-state index in [0.717, 1.165) is 13.1 Å². The van der Waals surface area contributed by atoms with Crippen molar-refractivity contribution < 1.29 is 9.13 Å². The van der Waals surface area contributed by atoms with Crippen molar-refractivity contribution in [1.29, 1.82) is 0 Å². The molecule has 0 amide bonds. The number of ether oxygens (including phenoxy) is 1. The van der Waals surface area contributed by atoms with Gasteiger partial charge in [-0.3, -0.25) is 0 Å². The Morgan fingerprint density at radius 2 is 1.76 bits per heavy atom. The molecule has 0 aliphatic rings. The smallest absolute Gasteiger partial charge is 0.328 e. The van der Waals surface area contributed by atoms with Crippen LogP contribution < -0.4 is 15.0 Å². The Morgan fingerprint density at radius 3 is 2.33 bits per heavy atom. The van der Waals surface area contributed by atoms with Crippen molar-refractivity contribution in [1.82, 2.24) is 15.0 Å². The molecule has 21 heavy (non-hydrogen) atoms. The van der Waals surface area contributed by atoms with Gasteiger partial charge in [0.25, 0.3) is 0 Å². The van der Waals surface area contributed by atoms with Crippen LogP contribution in [0.5, 0.6) is 11.8 Å². The van der Waals surface area contributed by atoms with E-state index in [1.54, 1.807) is 7.05 Å². The van der Waals surface area contributed by atoms with E-state index in [9.17, 15) is 4.39 Å². The van der Waals surface area contributed by atoms with Crippen molar-refractivity contribution in [2.24, 2.45) is 0 Å². The van der Waals surface area contributed by atoms with Crippen LogP contribution in [0.2, 0.25) is 0 Å². The summed E-state index contributed by atoms with van der Waals surface area (Å²) in [5.41, 5.74) is 0. The summed E-state index contributed by atoms with van der Waals surface area (Å²) in [4.78, 5) is 14.7. The second-order valence-electron chi connectivity index (χ2n) is 4.22. The number of hydrogen-bond acceptors (Lipinski definition) is 6. The minimum Gasteiger partial charge on any atom is -0.424 e. The fraction of sp³-hybridized carbons (Fsp3) is 0.357. The third-order valence-corrected chi connectivity index (χ3v) is 2.90. The SMILES string of the molecule is CCN(CC)c1nc(NC)nc(Oc2ccc(F)cc2)n1. The third kappa shape index (κ3) is 3.77. The molecule has 7 heteroatoms. The van der Waals surface area contributed by atoms with Gasteiger partial charge in [-0.15, -0.1) is 0 Å². The minimum atomic E-state index is -0.322. The molecule has 6 nitrogen and oxygen atoms in total. The van der Waals surface area contributed by atoms with Crippen LogP contribution >= 0.6 is 0 Å². The van der Waals surface area contributed by atoms with Gasteiger partial charge in [0.2, 0.25) is 11.9 Å². The number of nitrogens with zero attached hydrogens (tertiary/aromatic N) is 4. The van der Waals surface area contributed by atoms with Crippen LogP contribution in [0.4, 0.5) is 16.3 Å². The highest BCUT2D eigenvalue weighted by atomic mass is 19.1. The van der Waals surface area contributed by atoms with E-state index >= 15 is 0 Å². The summed E-state index contributed by atoms with van der Waals surface area (Å²) < 4.78 is 18.5. The third-order valence-electron chi connectivity index (χ3n) is 2.90. The number of nitrogens with one attached hydrogen (secondary N) is 1. The molecule has 1 N–H and O–H groups in total. The monoisotopic (exact) mass is 291 g/mol. The Hall–Kier alpha value is -2.44. The highest BCUT2D eigenvalue weighted by Crippen LogP contribution is 2.21. The molecule has 0 radical (unpaired) electrons. The van der Waals surface area contributed by atoms with Gasteiger partial charge in [-0.05, 0) is 38.1 Å². The largest absolute Gasteiger partial charge is 0.424 e. The zero-order valence-electron chi connectivity index (χ0n) is 12.3. The van der Waals surface area contributed by atoms with Crippen LogP contribution in [0.15, 0.2) is 24.3 Å². The fourth-order valence-corrected chi connectivity index (χ4v) is 1.76. The molecule has 0 fully saturated rings. The molecule has 2 aromatic rings. The molecular weight excluding hydrogens is 273 g/mol. The summed E-state index contributed by atoms with van der Waals surface area (Å²) in [6, 6.07) is 5.86. The lowest BCUT2D eigenvalue weighted by Gasteiger charge is -2.19. The van der Waals surface area contributed by atoms with Crippen molar-refractivity contribution in [3.63, 3.8) is 0 Å². The summed E-state index contributed by atoms with van der Waals surface area (Å²) in [6.07, 6.45) is 0. The first-order valence-corrected chi connectivity index (χ1v) is 6.78. The zero-order valence-corrected chi connectivity index (χ0v) is 12.3. The van der Waals surface area contributed by atoms with Crippen LogP contribution in [0.1, 0.15) is 13.8 Å². The van der Waals surface area contributed by atoms with E-state index in [4.69, 9.17) is 4.74 Å². The first-order valence-electron chi connectivity index (χ1n) is 6.78. The molecule has 112 valence electrons. The molecule has 0 saturated carbocycles. The Kier molecular flexibility index (Phi) is 4.86. The van der Waals surface area contributed by atoms with Crippen molar-refractivity contribution >= 4 is 11.9 Å². The Morgan fingerprint density at radius 1 is 1.10 bits per heavy atom. The quantitative estimate of drug-likeness (QED) is 0.883. The predicted molar refractivity (Wildman–Crippen MR) is 79.4 cm³/mol. The molecule has 0 bridgehead atoms. The molecule has 0 atom stereocenters. The summed E-state index contributed by atoms with van der Waals surface area (Å²) in [7, 11) is 1.73. The lowest BCUT2D eigenvalue weighted by Crippen LogP contribution is -2.25. The van der Waals surface area contributed by atoms with Gasteiger partial charge in [-0.25, -0.2) is 4.39 Å². The normalized spacial score (nSPS) is 10.3. The molecule has 1 heterocycles. The number of halogens is 1. The van der Waals surface area contributed by atoms with Gasteiger partial charge in [-0.2, -0.15) is 15.0 Å². The average Bonchev–Trinajstić information content (AvgIpc) is 2.50. The van der Waals surface area contributed by atoms with Gasteiger partial charge < -0.3 is 15.0 Å². The molecule has 0 spiro atoms. The number of anilines is 2. The van der Waals surface area contributed by atoms with Gasteiger partial charge in [0.1, 0.15) is 11.6 Å². The second kappa shape index (κ2) is 6.83. The minimum absolute atomic E-state index is 0.169. The maximum atomic E-state index is 12.9. The van der Waals surface area contributed by atoms with E-state index in [1.807, 2.05) is 18.7 Å². The predicted octanol–water partition coefficient (Wildman–Crippen LogP) is 2.69. The summed E-state index contributed by atoms with van der Waals surface area (Å²) in [6.45, 7) is 5.60. The van der Waals surface area contributed by atoms with Crippen LogP contribution in [-0.2, 0) is 0 Å². The number of rotatable bonds is 6. The Bertz CT molecular complexity index is 586. The number of hydrogen-bond donors (Lipinski definition) is 1. The Balaban J connectivity index is 2.29. The van der Waals surface area contributed by atoms with Gasteiger partial charge in [-0.1, -0.05) is 0 Å². The average molecular weight is 291 g/mol. The lowest BCUT2D eigenvalue weighted by atomic mass is 10.3. The van der Waals surface area contributed by atoms with E-state index in [0.29, 0.717) is 17.6 Å². The maximum Gasteiger partial charge on any atom is 0.328 e. The summed E-state index contributed by atoms with van der Waals surface area (Å²) >= 11 is 0. The van der Waals surface area contributed by atoms with Crippen molar-refractivity contribution in [3.8, 4) is 11.8 Å². The molecule has 1 aromatic heterocycles. The first kappa shape index (κ1) is 15.0. The summed E-state index contributed by atoms with van der Waals surface area (Å²) in [5, 5.41) is 2.88. The molecular formula is C14H18FN5O. The van der Waals surface area contributed by atoms with Crippen LogP contribution in [0.25, 0.3) is 0 Å². The first-order chi connectivity index (χ1) is 10.2. The Labute approximate surface area is 123 Å². The molecule has 0 unspecified atom stereocenters. The number of aromatic nitrogens is 3. The second-order valence-corrected chi connectivity index (χ2v) is 4.22. The van der Waals surface area contributed by atoms with Gasteiger partial charge in [0.05, 0.1) is 0 Å². The van der Waals surface area contributed by atoms with Crippen molar-refractivity contribution in [2.45, 2.75) is 13.8 Å². The van der Waals surface area contributed by atoms with Crippen LogP contribution in [0, 0.1) is 5.82 Å². The topological polar surface area (TPSA) is 63.2 Å². The van der Waals surface area contributed by atoms with E-state index in [1.165, 1.54) is 24.3 Å². The van der Waals surface area contributed by atoms with E-state index in [2.05, 4.69) is 20.3 Å². The van der Waals surface area contributed by atoms with Crippen molar-refractivity contribution in [2.75, 3.05) is 30.4 Å². The van der Waals surface area contributed by atoms with Crippen LogP contribution in [-0.4, -0.2) is 35.1 Å². The van der Waals surface area contributed by atoms with Gasteiger partial charge in [0.15, 0.2) is 0 Å². The van der Waals surface area contributed by atoms with E-state index < -0.39 is 0 Å². The molecule has 2 rings (SSSR count). The number of benzene rings is 1. The zero-order chi connectivity index (χ0) is 15.2. The maximum absolute atomic E-state index is 12.9. The van der Waals surface area contributed by atoms with Crippen LogP contribution in [0.3, 0.4) is 0 Å². The van der Waals surface area contributed by atoms with Crippen molar-refractivity contribution in [3.05, 3.63) is 30.1 Å². The van der Waals surface area contributed by atoms with Gasteiger partial charge >= 0.3 is 6.01 Å². The van der Waals surface area contributed by atoms with E-state index in [-0.39, 0.29) is 11.8 Å².